The lowest BCUT2D eigenvalue weighted by Gasteiger charge is -2.08. The first-order valence-electron chi connectivity index (χ1n) is 12.1. The number of rotatable bonds is 1. The molecule has 1 nitrogen and oxygen atoms in total. The fourth-order valence-electron chi connectivity index (χ4n) is 2.56. The molecule has 110 valence electrons. The smallest absolute Gasteiger partial charge is 0.0660 e. The fraction of sp³-hybridized carbons (Fsp3) is 0. The van der Waals surface area contributed by atoms with Crippen molar-refractivity contribution in [1.82, 2.24) is 4.57 Å². The molecule has 0 fully saturated rings. The van der Waals surface area contributed by atoms with Gasteiger partial charge in [0.1, 0.15) is 0 Å². The Morgan fingerprint density at radius 2 is 1.48 bits per heavy atom. The van der Waals surface area contributed by atoms with E-state index in [2.05, 4.69) is 15.9 Å². The molecule has 0 unspecified atom stereocenters. The van der Waals surface area contributed by atoms with Crippen LogP contribution >= 0.6 is 27.3 Å². The normalized spacial score (nSPS) is 18.4. The molecule has 0 spiro atoms. The molecule has 0 aliphatic carbocycles. The molecule has 2 heterocycles. The van der Waals surface area contributed by atoms with E-state index < -0.39 is 54.4 Å². The molecule has 0 radical (unpaired) electrons. The number of hydrogen-bond acceptors (Lipinski definition) is 1. The first-order valence-corrected chi connectivity index (χ1v) is 8.26. The highest BCUT2D eigenvalue weighted by Crippen LogP contribution is 2.35. The maximum absolute atomic E-state index is 8.84. The van der Waals surface area contributed by atoms with Crippen LogP contribution in [0.4, 0.5) is 0 Å². The number of para-hydroxylation sites is 2. The van der Waals surface area contributed by atoms with Gasteiger partial charge < -0.3 is 4.57 Å². The van der Waals surface area contributed by atoms with Crippen molar-refractivity contribution in [2.75, 3.05) is 0 Å². The molecule has 0 amide bonds. The van der Waals surface area contributed by atoms with Crippen molar-refractivity contribution in [2.45, 2.75) is 0 Å². The predicted octanol–water partition coefficient (Wildman–Crippen LogP) is 6.76. The first kappa shape index (κ1) is 6.42. The zero-order valence-corrected chi connectivity index (χ0v) is 13.7. The van der Waals surface area contributed by atoms with Gasteiger partial charge in [0.25, 0.3) is 0 Å². The minimum Gasteiger partial charge on any atom is -0.309 e. The average Bonchev–Trinajstić information content (AvgIpc) is 3.36. The Kier molecular flexibility index (Phi) is 1.38. The predicted molar refractivity (Wildman–Crippen MR) is 104 cm³/mol. The SMILES string of the molecule is [2H]c1c(-n2c3c([2H])c([2H])c([2H])c([2H])c3c3c([2H])c([2H])c([2H])c([2H])c32)c([2H])c2scc(Br)c2c1[2H]. The second kappa shape index (κ2) is 4.95. The van der Waals surface area contributed by atoms with Crippen molar-refractivity contribution < 1.29 is 15.1 Å². The Bertz CT molecular complexity index is 1660. The van der Waals surface area contributed by atoms with Gasteiger partial charge in [-0.1, -0.05) is 42.3 Å². The summed E-state index contributed by atoms with van der Waals surface area (Å²) in [6, 6.07) is -5.13. The van der Waals surface area contributed by atoms with E-state index in [1.807, 2.05) is 0 Å². The highest BCUT2D eigenvalue weighted by atomic mass is 79.9. The van der Waals surface area contributed by atoms with Crippen molar-refractivity contribution in [3.63, 3.8) is 0 Å². The molecule has 3 aromatic carbocycles. The van der Waals surface area contributed by atoms with Crippen LogP contribution in [-0.4, -0.2) is 4.57 Å². The van der Waals surface area contributed by atoms with E-state index in [1.165, 1.54) is 0 Å². The third-order valence-electron chi connectivity index (χ3n) is 3.54. The summed E-state index contributed by atoms with van der Waals surface area (Å²) in [6.45, 7) is 0. The summed E-state index contributed by atoms with van der Waals surface area (Å²) < 4.78 is 94.7. The van der Waals surface area contributed by atoms with Crippen LogP contribution in [0.3, 0.4) is 0 Å². The van der Waals surface area contributed by atoms with Crippen LogP contribution in [0.15, 0.2) is 76.3 Å². The molecule has 0 saturated carbocycles. The van der Waals surface area contributed by atoms with Gasteiger partial charge in [-0.2, -0.15) is 0 Å². The lowest BCUT2D eigenvalue weighted by molar-refractivity contribution is 1.19. The van der Waals surface area contributed by atoms with Gasteiger partial charge >= 0.3 is 0 Å². The Hall–Kier alpha value is -2.10. The Balaban J connectivity index is 2.20. The van der Waals surface area contributed by atoms with Gasteiger partial charge in [-0.25, -0.2) is 0 Å². The maximum Gasteiger partial charge on any atom is 0.0660 e. The lowest BCUT2D eigenvalue weighted by Crippen LogP contribution is -1.92. The molecule has 0 saturated heterocycles. The van der Waals surface area contributed by atoms with Crippen LogP contribution < -0.4 is 0 Å². The Labute approximate surface area is 161 Å². The summed E-state index contributed by atoms with van der Waals surface area (Å²) in [5, 5.41) is 1.76. The summed E-state index contributed by atoms with van der Waals surface area (Å²) in [5.41, 5.74) is -0.546. The Morgan fingerprint density at radius 1 is 0.826 bits per heavy atom. The molecule has 23 heavy (non-hydrogen) atoms. The monoisotopic (exact) mass is 388 g/mol. The summed E-state index contributed by atoms with van der Waals surface area (Å²) in [5.74, 6) is 0. The second-order valence-electron chi connectivity index (χ2n) is 4.79. The summed E-state index contributed by atoms with van der Waals surface area (Å²) in [6.07, 6.45) is 0. The van der Waals surface area contributed by atoms with Gasteiger partial charge in [0.05, 0.1) is 26.1 Å². The van der Waals surface area contributed by atoms with Crippen LogP contribution in [0.25, 0.3) is 37.6 Å². The molecular weight excluding hydrogens is 366 g/mol. The van der Waals surface area contributed by atoms with Gasteiger partial charge in [-0.05, 0) is 40.1 Å². The van der Waals surface area contributed by atoms with E-state index in [1.54, 1.807) is 5.38 Å². The number of aromatic nitrogens is 1. The molecule has 0 N–H and O–H groups in total. The van der Waals surface area contributed by atoms with Gasteiger partial charge in [0.2, 0.25) is 0 Å². The molecular formula is C20H12BrNS. The number of nitrogens with zero attached hydrogens (tertiary/aromatic N) is 1. The van der Waals surface area contributed by atoms with E-state index in [-0.39, 0.29) is 39.6 Å². The molecule has 2 aromatic heterocycles. The quantitative estimate of drug-likeness (QED) is 0.298. The van der Waals surface area contributed by atoms with E-state index in [0.29, 0.717) is 14.6 Å². The van der Waals surface area contributed by atoms with Crippen LogP contribution in [0.5, 0.6) is 0 Å². The number of halogens is 1. The largest absolute Gasteiger partial charge is 0.309 e. The molecule has 3 heteroatoms. The highest BCUT2D eigenvalue weighted by Gasteiger charge is 2.12. The second-order valence-corrected chi connectivity index (χ2v) is 6.53. The van der Waals surface area contributed by atoms with Crippen molar-refractivity contribution in [3.8, 4) is 5.69 Å². The molecule has 0 bridgehead atoms. The third kappa shape index (κ3) is 1.90. The van der Waals surface area contributed by atoms with Gasteiger partial charge in [-0.3, -0.25) is 0 Å². The minimum absolute atomic E-state index is 0.134. The lowest BCUT2D eigenvalue weighted by atomic mass is 10.2. The summed E-state index contributed by atoms with van der Waals surface area (Å²) in [7, 11) is 0. The van der Waals surface area contributed by atoms with E-state index in [0.717, 1.165) is 15.9 Å². The molecule has 0 atom stereocenters. The average molecular weight is 389 g/mol. The van der Waals surface area contributed by atoms with Crippen molar-refractivity contribution in [2.24, 2.45) is 0 Å². The number of benzene rings is 3. The first-order chi connectivity index (χ1) is 15.9. The van der Waals surface area contributed by atoms with Gasteiger partial charge in [-0.15, -0.1) is 11.3 Å². The number of fused-ring (bicyclic) bond motifs is 4. The number of thiophene rings is 1. The Morgan fingerprint density at radius 3 is 2.17 bits per heavy atom. The van der Waals surface area contributed by atoms with Crippen LogP contribution in [-0.2, 0) is 0 Å². The molecule has 5 aromatic rings. The van der Waals surface area contributed by atoms with Gasteiger partial charge in [0, 0.05) is 36.4 Å². The van der Waals surface area contributed by atoms with Gasteiger partial charge in [0.15, 0.2) is 0 Å². The maximum atomic E-state index is 8.84. The van der Waals surface area contributed by atoms with Crippen molar-refractivity contribution in [1.29, 1.82) is 0 Å². The highest BCUT2D eigenvalue weighted by molar-refractivity contribution is 9.10. The minimum atomic E-state index is -0.582. The van der Waals surface area contributed by atoms with E-state index >= 15 is 0 Å². The van der Waals surface area contributed by atoms with E-state index in [4.69, 9.17) is 15.1 Å². The molecule has 5 rings (SSSR count). The van der Waals surface area contributed by atoms with Crippen LogP contribution in [0.2, 0.25) is 0 Å². The van der Waals surface area contributed by atoms with Crippen LogP contribution in [0, 0.1) is 0 Å². The zero-order chi connectivity index (χ0) is 25.0. The topological polar surface area (TPSA) is 4.93 Å². The van der Waals surface area contributed by atoms with Crippen molar-refractivity contribution in [3.05, 3.63) is 76.3 Å². The van der Waals surface area contributed by atoms with E-state index in [9.17, 15) is 0 Å². The van der Waals surface area contributed by atoms with Crippen molar-refractivity contribution >= 4 is 59.2 Å². The zero-order valence-electron chi connectivity index (χ0n) is 22.3. The third-order valence-corrected chi connectivity index (χ3v) is 5.36. The molecule has 0 aliphatic rings. The van der Waals surface area contributed by atoms with Crippen LogP contribution in [0.1, 0.15) is 15.1 Å². The summed E-state index contributed by atoms with van der Waals surface area (Å²) >= 11 is 4.49. The fourth-order valence-corrected chi connectivity index (χ4v) is 4.04. The summed E-state index contributed by atoms with van der Waals surface area (Å²) in [4.78, 5) is 0. The molecule has 0 aliphatic heterocycles. The standard InChI is InChI=1S/C20H12BrNS/c21-17-12-23-20-11-13(9-10-16(17)20)22-18-7-3-1-5-14(18)15-6-2-4-8-19(15)22/h1-12H/i1D,2D,3D,4D,5D,6D,7D,8D,9D,10D,11D. The number of hydrogen-bond donors (Lipinski definition) is 0.